The number of aryl methyl sites for hydroxylation is 1. The molecule has 0 aliphatic carbocycles. The lowest BCUT2D eigenvalue weighted by Crippen LogP contribution is -2.02. The Morgan fingerprint density at radius 2 is 1.94 bits per heavy atom. The second-order valence-electron chi connectivity index (χ2n) is 3.85. The lowest BCUT2D eigenvalue weighted by atomic mass is 10.1. The summed E-state index contributed by atoms with van der Waals surface area (Å²) in [5.74, 6) is 1.60. The molecule has 0 atom stereocenters. The average Bonchev–Trinajstić information content (AvgIpc) is 2.31. The smallest absolute Gasteiger partial charge is 0.132 e. The Hall–Kier alpha value is -1.61. The fourth-order valence-corrected chi connectivity index (χ4v) is 1.98. The van der Waals surface area contributed by atoms with Crippen LogP contribution >= 0.6 is 11.6 Å². The summed E-state index contributed by atoms with van der Waals surface area (Å²) in [5, 5.41) is 3.79. The van der Waals surface area contributed by atoms with Crippen LogP contribution in [0.25, 0.3) is 11.3 Å². The van der Waals surface area contributed by atoms with Crippen LogP contribution in [-0.2, 0) is 0 Å². The normalized spacial score (nSPS) is 10.4. The van der Waals surface area contributed by atoms with Crippen molar-refractivity contribution < 1.29 is 0 Å². The van der Waals surface area contributed by atoms with Crippen molar-refractivity contribution in [2.75, 3.05) is 12.4 Å². The highest BCUT2D eigenvalue weighted by Gasteiger charge is 2.10. The van der Waals surface area contributed by atoms with E-state index in [0.717, 1.165) is 28.5 Å². The zero-order valence-electron chi connectivity index (χ0n) is 10.1. The van der Waals surface area contributed by atoms with E-state index in [0.29, 0.717) is 5.02 Å². The second kappa shape index (κ2) is 4.72. The molecular weight excluding hydrogens is 234 g/mol. The van der Waals surface area contributed by atoms with Crippen LogP contribution in [0.5, 0.6) is 0 Å². The standard InChI is InChI=1S/C13H14ClN3/c1-8-12(10-5-4-6-11(14)7-10)16-9(2)17-13(8)15-3/h4-7H,1-3H3,(H,15,16,17). The van der Waals surface area contributed by atoms with Crippen molar-refractivity contribution in [1.29, 1.82) is 0 Å². The number of nitrogens with one attached hydrogen (secondary N) is 1. The van der Waals surface area contributed by atoms with Gasteiger partial charge in [-0.05, 0) is 26.0 Å². The molecule has 0 aliphatic heterocycles. The number of anilines is 1. The van der Waals surface area contributed by atoms with E-state index in [9.17, 15) is 0 Å². The summed E-state index contributed by atoms with van der Waals surface area (Å²) in [5.41, 5.74) is 2.96. The van der Waals surface area contributed by atoms with E-state index in [1.54, 1.807) is 0 Å². The number of hydrogen-bond acceptors (Lipinski definition) is 3. The number of nitrogens with zero attached hydrogens (tertiary/aromatic N) is 2. The summed E-state index contributed by atoms with van der Waals surface area (Å²) in [6, 6.07) is 7.69. The van der Waals surface area contributed by atoms with Crippen molar-refractivity contribution in [3.63, 3.8) is 0 Å². The molecule has 17 heavy (non-hydrogen) atoms. The maximum Gasteiger partial charge on any atom is 0.132 e. The largest absolute Gasteiger partial charge is 0.373 e. The maximum atomic E-state index is 6.00. The third-order valence-corrected chi connectivity index (χ3v) is 2.83. The molecule has 1 heterocycles. The minimum absolute atomic E-state index is 0.712. The molecule has 3 nitrogen and oxygen atoms in total. The van der Waals surface area contributed by atoms with Crippen LogP contribution in [0.2, 0.25) is 5.02 Å². The van der Waals surface area contributed by atoms with Crippen molar-refractivity contribution >= 4 is 17.4 Å². The molecule has 0 bridgehead atoms. The van der Waals surface area contributed by atoms with Crippen LogP contribution < -0.4 is 5.32 Å². The summed E-state index contributed by atoms with van der Waals surface area (Å²) >= 11 is 6.00. The van der Waals surface area contributed by atoms with Crippen molar-refractivity contribution in [2.24, 2.45) is 0 Å². The monoisotopic (exact) mass is 247 g/mol. The quantitative estimate of drug-likeness (QED) is 0.883. The van der Waals surface area contributed by atoms with Gasteiger partial charge in [0.05, 0.1) is 5.69 Å². The second-order valence-corrected chi connectivity index (χ2v) is 4.29. The summed E-state index contributed by atoms with van der Waals surface area (Å²) in [6.07, 6.45) is 0. The van der Waals surface area contributed by atoms with Crippen LogP contribution in [-0.4, -0.2) is 17.0 Å². The molecule has 0 unspecified atom stereocenters. The molecule has 4 heteroatoms. The van der Waals surface area contributed by atoms with Crippen molar-refractivity contribution in [3.05, 3.63) is 40.7 Å². The molecule has 0 saturated carbocycles. The van der Waals surface area contributed by atoms with E-state index in [1.165, 1.54) is 0 Å². The third kappa shape index (κ3) is 2.39. The van der Waals surface area contributed by atoms with E-state index in [4.69, 9.17) is 11.6 Å². The van der Waals surface area contributed by atoms with Gasteiger partial charge < -0.3 is 5.32 Å². The van der Waals surface area contributed by atoms with Gasteiger partial charge in [0.15, 0.2) is 0 Å². The van der Waals surface area contributed by atoms with Crippen LogP contribution in [0.3, 0.4) is 0 Å². The van der Waals surface area contributed by atoms with Gasteiger partial charge >= 0.3 is 0 Å². The molecule has 0 radical (unpaired) electrons. The SMILES string of the molecule is CNc1nc(C)nc(-c2cccc(Cl)c2)c1C. The number of halogens is 1. The first-order valence-electron chi connectivity index (χ1n) is 5.40. The highest BCUT2D eigenvalue weighted by molar-refractivity contribution is 6.30. The average molecular weight is 248 g/mol. The summed E-state index contributed by atoms with van der Waals surface area (Å²) in [7, 11) is 1.86. The zero-order valence-corrected chi connectivity index (χ0v) is 10.8. The van der Waals surface area contributed by atoms with Crippen molar-refractivity contribution in [1.82, 2.24) is 9.97 Å². The fourth-order valence-electron chi connectivity index (χ4n) is 1.79. The van der Waals surface area contributed by atoms with Crippen LogP contribution in [0.4, 0.5) is 5.82 Å². The van der Waals surface area contributed by atoms with E-state index in [1.807, 2.05) is 45.2 Å². The molecule has 1 aromatic heterocycles. The molecular formula is C13H14ClN3. The highest BCUT2D eigenvalue weighted by Crippen LogP contribution is 2.27. The Kier molecular flexibility index (Phi) is 3.29. The fraction of sp³-hybridized carbons (Fsp3) is 0.231. The van der Waals surface area contributed by atoms with Gasteiger partial charge in [-0.25, -0.2) is 9.97 Å². The van der Waals surface area contributed by atoms with Gasteiger partial charge in [-0.3, -0.25) is 0 Å². The molecule has 2 aromatic rings. The van der Waals surface area contributed by atoms with Gasteiger partial charge in [-0.15, -0.1) is 0 Å². The summed E-state index contributed by atoms with van der Waals surface area (Å²) in [6.45, 7) is 3.88. The van der Waals surface area contributed by atoms with Gasteiger partial charge in [0.2, 0.25) is 0 Å². The summed E-state index contributed by atoms with van der Waals surface area (Å²) < 4.78 is 0. The zero-order chi connectivity index (χ0) is 12.4. The Morgan fingerprint density at radius 1 is 1.18 bits per heavy atom. The van der Waals surface area contributed by atoms with Crippen LogP contribution in [0, 0.1) is 13.8 Å². The molecule has 0 saturated heterocycles. The van der Waals surface area contributed by atoms with Gasteiger partial charge in [0.25, 0.3) is 0 Å². The maximum absolute atomic E-state index is 6.00. The van der Waals surface area contributed by atoms with Gasteiger partial charge in [-0.1, -0.05) is 23.7 Å². The minimum Gasteiger partial charge on any atom is -0.373 e. The minimum atomic E-state index is 0.712. The van der Waals surface area contributed by atoms with E-state index in [-0.39, 0.29) is 0 Å². The number of aromatic nitrogens is 2. The molecule has 0 aliphatic rings. The molecule has 88 valence electrons. The van der Waals surface area contributed by atoms with Crippen molar-refractivity contribution in [2.45, 2.75) is 13.8 Å². The lowest BCUT2D eigenvalue weighted by Gasteiger charge is -2.11. The van der Waals surface area contributed by atoms with Crippen LogP contribution in [0.1, 0.15) is 11.4 Å². The highest BCUT2D eigenvalue weighted by atomic mass is 35.5. The first kappa shape index (κ1) is 11.9. The Bertz CT molecular complexity index is 552. The molecule has 2 rings (SSSR count). The number of rotatable bonds is 2. The van der Waals surface area contributed by atoms with E-state index in [2.05, 4.69) is 15.3 Å². The molecule has 0 amide bonds. The van der Waals surface area contributed by atoms with Gasteiger partial charge in [0.1, 0.15) is 11.6 Å². The van der Waals surface area contributed by atoms with Gasteiger partial charge in [0, 0.05) is 23.2 Å². The topological polar surface area (TPSA) is 37.8 Å². The first-order valence-corrected chi connectivity index (χ1v) is 5.78. The molecule has 1 aromatic carbocycles. The predicted molar refractivity (Wildman–Crippen MR) is 71.5 cm³/mol. The number of benzene rings is 1. The van der Waals surface area contributed by atoms with Gasteiger partial charge in [-0.2, -0.15) is 0 Å². The Morgan fingerprint density at radius 3 is 2.59 bits per heavy atom. The summed E-state index contributed by atoms with van der Waals surface area (Å²) in [4.78, 5) is 8.83. The molecule has 0 fully saturated rings. The molecule has 1 N–H and O–H groups in total. The Labute approximate surface area is 106 Å². The number of hydrogen-bond donors (Lipinski definition) is 1. The van der Waals surface area contributed by atoms with E-state index < -0.39 is 0 Å². The van der Waals surface area contributed by atoms with E-state index >= 15 is 0 Å². The first-order chi connectivity index (χ1) is 8.11. The van der Waals surface area contributed by atoms with Crippen LogP contribution in [0.15, 0.2) is 24.3 Å². The molecule has 0 spiro atoms. The Balaban J connectivity index is 2.63. The predicted octanol–water partition coefficient (Wildman–Crippen LogP) is 3.46. The third-order valence-electron chi connectivity index (χ3n) is 2.59. The lowest BCUT2D eigenvalue weighted by molar-refractivity contribution is 1.04. The van der Waals surface area contributed by atoms with Crippen molar-refractivity contribution in [3.8, 4) is 11.3 Å².